The van der Waals surface area contributed by atoms with E-state index in [-0.39, 0.29) is 30.0 Å². The van der Waals surface area contributed by atoms with Crippen LogP contribution in [-0.2, 0) is 9.59 Å². The maximum atomic E-state index is 12.6. The molecule has 2 unspecified atom stereocenters. The molecular formula is C19H20N4O4. The van der Waals surface area contributed by atoms with Crippen molar-refractivity contribution in [1.29, 1.82) is 0 Å². The van der Waals surface area contributed by atoms with Crippen molar-refractivity contribution >= 4 is 17.5 Å². The highest BCUT2D eigenvalue weighted by Gasteiger charge is 2.31. The summed E-state index contributed by atoms with van der Waals surface area (Å²) in [4.78, 5) is 34.9. The fraction of sp³-hybridized carbons (Fsp3) is 0.263. The van der Waals surface area contributed by atoms with Gasteiger partial charge in [-0.15, -0.1) is 0 Å². The molecule has 2 amide bonds. The maximum Gasteiger partial charge on any atom is 0.269 e. The molecule has 0 bridgehead atoms. The summed E-state index contributed by atoms with van der Waals surface area (Å²) >= 11 is 0. The predicted molar refractivity (Wildman–Crippen MR) is 98.5 cm³/mol. The zero-order valence-electron chi connectivity index (χ0n) is 14.7. The third kappa shape index (κ3) is 4.48. The topological polar surface area (TPSA) is 113 Å². The summed E-state index contributed by atoms with van der Waals surface area (Å²) in [6.07, 6.45) is -0.389. The monoisotopic (exact) mass is 368 g/mol. The molecule has 27 heavy (non-hydrogen) atoms. The molecule has 0 aliphatic carbocycles. The van der Waals surface area contributed by atoms with Crippen molar-refractivity contribution in [3.05, 3.63) is 75.8 Å². The number of non-ortho nitro benzene ring substituents is 1. The van der Waals surface area contributed by atoms with E-state index in [4.69, 9.17) is 0 Å². The fourth-order valence-corrected chi connectivity index (χ4v) is 2.98. The number of rotatable bonds is 5. The van der Waals surface area contributed by atoms with Crippen molar-refractivity contribution in [1.82, 2.24) is 16.0 Å². The molecule has 0 saturated carbocycles. The number of carbonyl (C=O) groups is 2. The van der Waals surface area contributed by atoms with Crippen molar-refractivity contribution in [3.63, 3.8) is 0 Å². The third-order valence-electron chi connectivity index (χ3n) is 4.47. The molecule has 1 saturated heterocycles. The summed E-state index contributed by atoms with van der Waals surface area (Å²) in [5, 5.41) is 19.6. The minimum atomic E-state index is -0.663. The average Bonchev–Trinajstić information content (AvgIpc) is 2.68. The van der Waals surface area contributed by atoms with Gasteiger partial charge in [-0.3, -0.25) is 25.0 Å². The van der Waals surface area contributed by atoms with Gasteiger partial charge >= 0.3 is 0 Å². The van der Waals surface area contributed by atoms with Gasteiger partial charge in [0.25, 0.3) is 5.69 Å². The van der Waals surface area contributed by atoms with E-state index in [1.807, 2.05) is 30.3 Å². The third-order valence-corrected chi connectivity index (χ3v) is 4.47. The number of hydrogen-bond acceptors (Lipinski definition) is 5. The zero-order chi connectivity index (χ0) is 19.4. The van der Waals surface area contributed by atoms with E-state index in [1.165, 1.54) is 12.1 Å². The van der Waals surface area contributed by atoms with Gasteiger partial charge in [0.1, 0.15) is 6.17 Å². The molecule has 2 aromatic rings. The Kier molecular flexibility index (Phi) is 5.46. The van der Waals surface area contributed by atoms with Gasteiger partial charge in [0.15, 0.2) is 0 Å². The first-order valence-electron chi connectivity index (χ1n) is 8.59. The highest BCUT2D eigenvalue weighted by molar-refractivity contribution is 5.89. The van der Waals surface area contributed by atoms with E-state index in [9.17, 15) is 19.7 Å². The molecule has 2 aromatic carbocycles. The van der Waals surface area contributed by atoms with Crippen molar-refractivity contribution < 1.29 is 14.5 Å². The normalized spacial score (nSPS) is 20.4. The van der Waals surface area contributed by atoms with Gasteiger partial charge in [-0.25, -0.2) is 0 Å². The summed E-state index contributed by atoms with van der Waals surface area (Å²) in [6, 6.07) is 14.4. The quantitative estimate of drug-likeness (QED) is 0.551. The van der Waals surface area contributed by atoms with Crippen molar-refractivity contribution in [2.75, 3.05) is 0 Å². The van der Waals surface area contributed by atoms with Crippen LogP contribution in [0.2, 0.25) is 0 Å². The molecule has 0 spiro atoms. The lowest BCUT2D eigenvalue weighted by Crippen LogP contribution is -2.56. The largest absolute Gasteiger partial charge is 0.348 e. The van der Waals surface area contributed by atoms with Crippen LogP contribution >= 0.6 is 0 Å². The van der Waals surface area contributed by atoms with E-state index in [2.05, 4.69) is 16.0 Å². The lowest BCUT2D eigenvalue weighted by Gasteiger charge is -2.31. The van der Waals surface area contributed by atoms with E-state index >= 15 is 0 Å². The van der Waals surface area contributed by atoms with Crippen LogP contribution in [0.3, 0.4) is 0 Å². The molecule has 140 valence electrons. The molecule has 3 N–H and O–H groups in total. The van der Waals surface area contributed by atoms with Crippen molar-refractivity contribution in [3.8, 4) is 0 Å². The molecule has 8 nitrogen and oxygen atoms in total. The van der Waals surface area contributed by atoms with Crippen molar-refractivity contribution in [2.45, 2.75) is 31.6 Å². The van der Waals surface area contributed by atoms with Gasteiger partial charge in [-0.2, -0.15) is 0 Å². The van der Waals surface area contributed by atoms with E-state index < -0.39 is 17.1 Å². The highest BCUT2D eigenvalue weighted by Crippen LogP contribution is 2.19. The zero-order valence-corrected chi connectivity index (χ0v) is 14.7. The molecular weight excluding hydrogens is 348 g/mol. The van der Waals surface area contributed by atoms with Crippen LogP contribution in [0.25, 0.3) is 0 Å². The number of carbonyl (C=O) groups excluding carboxylic acids is 2. The Labute approximate surface area is 156 Å². The van der Waals surface area contributed by atoms with Gasteiger partial charge in [0.2, 0.25) is 11.8 Å². The van der Waals surface area contributed by atoms with Crippen LogP contribution < -0.4 is 16.0 Å². The van der Waals surface area contributed by atoms with Gasteiger partial charge in [0.05, 0.1) is 23.4 Å². The Morgan fingerprint density at radius 1 is 1.19 bits per heavy atom. The summed E-state index contributed by atoms with van der Waals surface area (Å²) in [5.41, 5.74) is 1.61. The average molecular weight is 368 g/mol. The smallest absolute Gasteiger partial charge is 0.269 e. The van der Waals surface area contributed by atoms with Gasteiger partial charge < -0.3 is 10.6 Å². The number of amides is 2. The molecule has 1 fully saturated rings. The van der Waals surface area contributed by atoms with Gasteiger partial charge in [-0.1, -0.05) is 42.5 Å². The maximum absolute atomic E-state index is 12.6. The van der Waals surface area contributed by atoms with E-state index in [0.717, 1.165) is 11.1 Å². The Morgan fingerprint density at radius 2 is 1.85 bits per heavy atom. The van der Waals surface area contributed by atoms with E-state index in [0.29, 0.717) is 0 Å². The second kappa shape index (κ2) is 7.96. The molecule has 8 heteroatoms. The molecule has 1 aliphatic heterocycles. The van der Waals surface area contributed by atoms with Gasteiger partial charge in [0, 0.05) is 12.1 Å². The molecule has 0 aromatic heterocycles. The number of nitro groups is 1. The minimum absolute atomic E-state index is 0.00593. The molecule has 3 rings (SSSR count). The Morgan fingerprint density at radius 3 is 2.48 bits per heavy atom. The SMILES string of the molecule is C[C@@H](NC(=O)C1CC(=O)NC(c2ccccc2)N1)c1ccc([N+](=O)[O-])cc1. The first-order valence-corrected chi connectivity index (χ1v) is 8.59. The minimum Gasteiger partial charge on any atom is -0.348 e. The number of nitro benzene ring substituents is 1. The molecule has 0 radical (unpaired) electrons. The lowest BCUT2D eigenvalue weighted by atomic mass is 10.0. The van der Waals surface area contributed by atoms with Crippen LogP contribution in [0.4, 0.5) is 5.69 Å². The highest BCUT2D eigenvalue weighted by atomic mass is 16.6. The number of hydrogen-bond donors (Lipinski definition) is 3. The van der Waals surface area contributed by atoms with Crippen LogP contribution in [-0.4, -0.2) is 22.8 Å². The predicted octanol–water partition coefficient (Wildman–Crippen LogP) is 1.95. The molecule has 1 heterocycles. The van der Waals surface area contributed by atoms with Crippen LogP contribution in [0.1, 0.15) is 36.7 Å². The number of nitrogens with zero attached hydrogens (tertiary/aromatic N) is 1. The fourth-order valence-electron chi connectivity index (χ4n) is 2.98. The van der Waals surface area contributed by atoms with Gasteiger partial charge in [-0.05, 0) is 18.1 Å². The van der Waals surface area contributed by atoms with Crippen LogP contribution in [0.15, 0.2) is 54.6 Å². The standard InChI is InChI=1S/C19H20N4O4/c1-12(13-7-9-15(10-8-13)23(26)27)20-19(25)16-11-17(24)22-18(21-16)14-5-3-2-4-6-14/h2-10,12,16,18,21H,11H2,1H3,(H,20,25)(H,22,24)/t12-,16?,18?/m1/s1. The summed E-state index contributed by atoms with van der Waals surface area (Å²) in [5.74, 6) is -0.498. The second-order valence-corrected chi connectivity index (χ2v) is 6.41. The first kappa shape index (κ1) is 18.5. The molecule has 1 aliphatic rings. The molecule has 3 atom stereocenters. The summed E-state index contributed by atoms with van der Waals surface area (Å²) < 4.78 is 0. The number of nitrogens with one attached hydrogen (secondary N) is 3. The first-order chi connectivity index (χ1) is 12.9. The summed E-state index contributed by atoms with van der Waals surface area (Å²) in [6.45, 7) is 1.79. The van der Waals surface area contributed by atoms with Crippen LogP contribution in [0.5, 0.6) is 0 Å². The van der Waals surface area contributed by atoms with E-state index in [1.54, 1.807) is 19.1 Å². The Bertz CT molecular complexity index is 839. The lowest BCUT2D eigenvalue weighted by molar-refractivity contribution is -0.384. The Balaban J connectivity index is 1.65. The summed E-state index contributed by atoms with van der Waals surface area (Å²) in [7, 11) is 0. The van der Waals surface area contributed by atoms with Crippen LogP contribution in [0, 0.1) is 10.1 Å². The van der Waals surface area contributed by atoms with Crippen molar-refractivity contribution in [2.24, 2.45) is 0 Å². The number of benzene rings is 2. The second-order valence-electron chi connectivity index (χ2n) is 6.41. The Hall–Kier alpha value is -3.26.